The molecule has 3 aromatic rings. The Morgan fingerprint density at radius 3 is 2.65 bits per heavy atom. The number of fused-ring (bicyclic) bond motifs is 1. The van der Waals surface area contributed by atoms with Crippen LogP contribution in [0.25, 0.3) is 11.0 Å². The number of ether oxygens (including phenoxy) is 2. The van der Waals surface area contributed by atoms with Crippen LogP contribution in [0.1, 0.15) is 30.3 Å². The predicted octanol–water partition coefficient (Wildman–Crippen LogP) is 4.44. The summed E-state index contributed by atoms with van der Waals surface area (Å²) >= 11 is 0. The van der Waals surface area contributed by atoms with Gasteiger partial charge in [0.15, 0.2) is 0 Å². The number of imidazole rings is 1. The van der Waals surface area contributed by atoms with Gasteiger partial charge in [0.1, 0.15) is 18.0 Å². The van der Waals surface area contributed by atoms with E-state index in [1.165, 1.54) is 13.2 Å². The predicted molar refractivity (Wildman–Crippen MR) is 108 cm³/mol. The maximum Gasteiger partial charge on any atom is 0.449 e. The van der Waals surface area contributed by atoms with E-state index in [1.807, 2.05) is 6.07 Å². The van der Waals surface area contributed by atoms with Crippen molar-refractivity contribution in [2.24, 2.45) is 0 Å². The van der Waals surface area contributed by atoms with Gasteiger partial charge in [0.25, 0.3) is 0 Å². The Kier molecular flexibility index (Phi) is 5.51. The van der Waals surface area contributed by atoms with E-state index >= 15 is 0 Å². The molecule has 1 amide bonds. The van der Waals surface area contributed by atoms with Crippen molar-refractivity contribution >= 4 is 16.9 Å². The van der Waals surface area contributed by atoms with Crippen LogP contribution in [-0.4, -0.2) is 41.1 Å². The van der Waals surface area contributed by atoms with E-state index in [9.17, 15) is 18.0 Å². The highest BCUT2D eigenvalue weighted by Gasteiger charge is 2.39. The van der Waals surface area contributed by atoms with E-state index in [0.29, 0.717) is 24.5 Å². The molecule has 1 saturated heterocycles. The number of carbonyl (C=O) groups is 1. The smallest absolute Gasteiger partial charge is 0.449 e. The van der Waals surface area contributed by atoms with E-state index in [2.05, 4.69) is 4.98 Å². The summed E-state index contributed by atoms with van der Waals surface area (Å²) in [6, 6.07) is 11.4. The van der Waals surface area contributed by atoms with Crippen molar-refractivity contribution in [3.63, 3.8) is 0 Å². The Balaban J connectivity index is 1.67. The van der Waals surface area contributed by atoms with Crippen LogP contribution in [-0.2, 0) is 17.5 Å². The average Bonchev–Trinajstić information content (AvgIpc) is 3.38. The van der Waals surface area contributed by atoms with Gasteiger partial charge in [-0.05, 0) is 37.1 Å². The van der Waals surface area contributed by atoms with Crippen LogP contribution in [0.2, 0.25) is 0 Å². The van der Waals surface area contributed by atoms with Crippen LogP contribution in [0.4, 0.5) is 13.2 Å². The fourth-order valence-electron chi connectivity index (χ4n) is 4.16. The van der Waals surface area contributed by atoms with Crippen molar-refractivity contribution in [1.29, 1.82) is 0 Å². The van der Waals surface area contributed by atoms with Gasteiger partial charge in [-0.25, -0.2) is 4.98 Å². The Hall–Kier alpha value is -3.23. The number of methoxy groups -OCH3 is 2. The Bertz CT molecular complexity index is 1110. The summed E-state index contributed by atoms with van der Waals surface area (Å²) in [5.74, 6) is -0.266. The molecule has 2 heterocycles. The first-order chi connectivity index (χ1) is 14.8. The number of likely N-dealkylation sites (tertiary alicyclic amines) is 1. The summed E-state index contributed by atoms with van der Waals surface area (Å²) in [5, 5.41) is 0. The summed E-state index contributed by atoms with van der Waals surface area (Å²) in [6.07, 6.45) is -3.21. The zero-order chi connectivity index (χ0) is 22.2. The molecular weight excluding hydrogens is 411 g/mol. The molecule has 4 rings (SSSR count). The second-order valence-electron chi connectivity index (χ2n) is 7.36. The zero-order valence-corrected chi connectivity index (χ0v) is 17.1. The van der Waals surface area contributed by atoms with Crippen LogP contribution in [0, 0.1) is 0 Å². The molecule has 164 valence electrons. The normalized spacial score (nSPS) is 16.7. The van der Waals surface area contributed by atoms with Crippen LogP contribution < -0.4 is 9.47 Å². The maximum absolute atomic E-state index is 13.6. The fraction of sp³-hybridized carbons (Fsp3) is 0.364. The standard InChI is InChI=1S/C22H22F3N3O3/c1-30-14-9-10-15(19(12-14)31-2)17-8-5-11-27(17)20(29)13-28-18-7-4-3-6-16(18)26-21(28)22(23,24)25/h3-4,6-7,9-10,12,17H,5,8,11,13H2,1-2H3. The van der Waals surface area contributed by atoms with E-state index in [0.717, 1.165) is 16.6 Å². The van der Waals surface area contributed by atoms with Gasteiger partial charge in [0.05, 0.1) is 31.3 Å². The van der Waals surface area contributed by atoms with Crippen LogP contribution in [0.3, 0.4) is 0 Å². The number of rotatable bonds is 5. The van der Waals surface area contributed by atoms with Crippen molar-refractivity contribution < 1.29 is 27.4 Å². The number of aromatic nitrogens is 2. The molecule has 1 aromatic heterocycles. The van der Waals surface area contributed by atoms with Gasteiger partial charge in [-0.1, -0.05) is 12.1 Å². The van der Waals surface area contributed by atoms with Crippen molar-refractivity contribution in [1.82, 2.24) is 14.5 Å². The van der Waals surface area contributed by atoms with E-state index in [4.69, 9.17) is 9.47 Å². The molecule has 1 unspecified atom stereocenters. The molecule has 0 saturated carbocycles. The van der Waals surface area contributed by atoms with Crippen LogP contribution >= 0.6 is 0 Å². The van der Waals surface area contributed by atoms with E-state index in [1.54, 1.807) is 42.3 Å². The summed E-state index contributed by atoms with van der Waals surface area (Å²) in [4.78, 5) is 18.5. The number of hydrogen-bond donors (Lipinski definition) is 0. The molecule has 9 heteroatoms. The molecule has 2 aromatic carbocycles. The van der Waals surface area contributed by atoms with Crippen molar-refractivity contribution in [2.75, 3.05) is 20.8 Å². The number of nitrogens with zero attached hydrogens (tertiary/aromatic N) is 3. The number of amides is 1. The Labute approximate surface area is 177 Å². The van der Waals surface area contributed by atoms with Gasteiger partial charge in [-0.15, -0.1) is 0 Å². The lowest BCUT2D eigenvalue weighted by atomic mass is 10.0. The monoisotopic (exact) mass is 433 g/mol. The summed E-state index contributed by atoms with van der Waals surface area (Å²) < 4.78 is 52.4. The van der Waals surface area contributed by atoms with Crippen LogP contribution in [0.15, 0.2) is 42.5 Å². The molecule has 0 aliphatic carbocycles. The minimum atomic E-state index is -4.66. The number of benzene rings is 2. The highest BCUT2D eigenvalue weighted by Crippen LogP contribution is 2.39. The number of hydrogen-bond acceptors (Lipinski definition) is 4. The summed E-state index contributed by atoms with van der Waals surface area (Å²) in [6.45, 7) is 0.0248. The van der Waals surface area contributed by atoms with Gasteiger partial charge >= 0.3 is 6.18 Å². The number of alkyl halides is 3. The zero-order valence-electron chi connectivity index (χ0n) is 17.1. The topological polar surface area (TPSA) is 56.6 Å². The van der Waals surface area contributed by atoms with Crippen molar-refractivity contribution in [3.05, 3.63) is 53.9 Å². The highest BCUT2D eigenvalue weighted by atomic mass is 19.4. The van der Waals surface area contributed by atoms with Gasteiger partial charge in [0.2, 0.25) is 11.7 Å². The molecule has 31 heavy (non-hydrogen) atoms. The lowest BCUT2D eigenvalue weighted by Gasteiger charge is -2.27. The van der Waals surface area contributed by atoms with Gasteiger partial charge in [-0.2, -0.15) is 13.2 Å². The maximum atomic E-state index is 13.6. The second kappa shape index (κ2) is 8.13. The SMILES string of the molecule is COc1ccc(C2CCCN2C(=O)Cn2c(C(F)(F)F)nc3ccccc32)c(OC)c1. The Morgan fingerprint density at radius 2 is 1.94 bits per heavy atom. The van der Waals surface area contributed by atoms with Gasteiger partial charge < -0.3 is 18.9 Å². The first-order valence-electron chi connectivity index (χ1n) is 9.87. The number of halogens is 3. The molecule has 0 spiro atoms. The quantitative estimate of drug-likeness (QED) is 0.597. The molecule has 0 radical (unpaired) electrons. The molecule has 6 nitrogen and oxygen atoms in total. The third-order valence-corrected chi connectivity index (χ3v) is 5.57. The van der Waals surface area contributed by atoms with Gasteiger partial charge in [-0.3, -0.25) is 4.79 Å². The van der Waals surface area contributed by atoms with Crippen LogP contribution in [0.5, 0.6) is 11.5 Å². The summed E-state index contributed by atoms with van der Waals surface area (Å²) in [5.41, 5.74) is 1.29. The number of para-hydroxylation sites is 2. The third-order valence-electron chi connectivity index (χ3n) is 5.57. The molecule has 1 atom stereocenters. The summed E-state index contributed by atoms with van der Waals surface area (Å²) in [7, 11) is 3.08. The third kappa shape index (κ3) is 3.92. The minimum Gasteiger partial charge on any atom is -0.497 e. The highest BCUT2D eigenvalue weighted by molar-refractivity contribution is 5.82. The fourth-order valence-corrected chi connectivity index (χ4v) is 4.16. The molecule has 0 N–H and O–H groups in total. The minimum absolute atomic E-state index is 0.206. The molecule has 1 aliphatic rings. The van der Waals surface area contributed by atoms with E-state index < -0.39 is 24.5 Å². The van der Waals surface area contributed by atoms with Crippen molar-refractivity contribution in [2.45, 2.75) is 31.6 Å². The molecule has 1 fully saturated rings. The second-order valence-corrected chi connectivity index (χ2v) is 7.36. The molecule has 1 aliphatic heterocycles. The number of carbonyl (C=O) groups excluding carboxylic acids is 1. The lowest BCUT2D eigenvalue weighted by molar-refractivity contribution is -0.148. The molecular formula is C22H22F3N3O3. The first kappa shape index (κ1) is 21.0. The molecule has 0 bridgehead atoms. The van der Waals surface area contributed by atoms with Crippen molar-refractivity contribution in [3.8, 4) is 11.5 Å². The van der Waals surface area contributed by atoms with Gasteiger partial charge in [0, 0.05) is 18.2 Å². The Morgan fingerprint density at radius 1 is 1.16 bits per heavy atom. The largest absolute Gasteiger partial charge is 0.497 e. The first-order valence-corrected chi connectivity index (χ1v) is 9.87. The van der Waals surface area contributed by atoms with E-state index in [-0.39, 0.29) is 17.1 Å². The lowest BCUT2D eigenvalue weighted by Crippen LogP contribution is -2.34. The average molecular weight is 433 g/mol.